The number of carbonyl (C=O) groups is 5. The molecule has 2 aliphatic heterocycles. The standard InChI is InChI=1S/C20H28O12/c1-10(21)27-9-15-16(29-11(2)22)17(30-12(3)23)18(31-13(4)24)20(32-15)28-8-14-6-5-7-26-19(14)25/h14-18,20H,5-9H2,1-4H3/t14-,15+,16+,17-,18+,20+/m0/s1. The van der Waals surface area contributed by atoms with Crippen LogP contribution in [0.1, 0.15) is 40.5 Å². The molecule has 0 N–H and O–H groups in total. The maximum absolute atomic E-state index is 11.9. The smallest absolute Gasteiger partial charge is 0.311 e. The van der Waals surface area contributed by atoms with Gasteiger partial charge in [-0.2, -0.15) is 0 Å². The number of carbonyl (C=O) groups excluding carboxylic acids is 5. The molecular weight excluding hydrogens is 432 g/mol. The molecule has 0 amide bonds. The van der Waals surface area contributed by atoms with E-state index in [1.165, 1.54) is 6.92 Å². The first-order valence-corrected chi connectivity index (χ1v) is 10.2. The van der Waals surface area contributed by atoms with Crippen LogP contribution in [0.3, 0.4) is 0 Å². The normalized spacial score (nSPS) is 29.9. The van der Waals surface area contributed by atoms with Gasteiger partial charge in [0, 0.05) is 27.7 Å². The summed E-state index contributed by atoms with van der Waals surface area (Å²) in [6.07, 6.45) is -5.14. The van der Waals surface area contributed by atoms with E-state index >= 15 is 0 Å². The zero-order valence-electron chi connectivity index (χ0n) is 18.4. The minimum Gasteiger partial charge on any atom is -0.465 e. The molecule has 6 atom stereocenters. The van der Waals surface area contributed by atoms with E-state index in [-0.39, 0.29) is 13.2 Å². The van der Waals surface area contributed by atoms with E-state index in [4.69, 9.17) is 33.2 Å². The fourth-order valence-corrected chi connectivity index (χ4v) is 3.42. The van der Waals surface area contributed by atoms with Crippen molar-refractivity contribution in [2.24, 2.45) is 5.92 Å². The number of rotatable bonds is 8. The molecule has 0 aliphatic carbocycles. The lowest BCUT2D eigenvalue weighted by Crippen LogP contribution is -2.63. The molecule has 2 saturated heterocycles. The zero-order chi connectivity index (χ0) is 23.8. The highest BCUT2D eigenvalue weighted by Crippen LogP contribution is 2.30. The van der Waals surface area contributed by atoms with E-state index < -0.39 is 66.5 Å². The Bertz CT molecular complexity index is 719. The summed E-state index contributed by atoms with van der Waals surface area (Å²) in [4.78, 5) is 58.5. The van der Waals surface area contributed by atoms with E-state index in [1.54, 1.807) is 0 Å². The summed E-state index contributed by atoms with van der Waals surface area (Å²) in [5.74, 6) is -3.82. The summed E-state index contributed by atoms with van der Waals surface area (Å²) < 4.78 is 37.4. The molecule has 2 aliphatic rings. The van der Waals surface area contributed by atoms with Gasteiger partial charge in [-0.1, -0.05) is 0 Å². The van der Waals surface area contributed by atoms with Crippen molar-refractivity contribution in [1.29, 1.82) is 0 Å². The molecule has 12 heteroatoms. The number of esters is 5. The largest absolute Gasteiger partial charge is 0.465 e. The number of hydrogen-bond acceptors (Lipinski definition) is 12. The molecule has 2 fully saturated rings. The summed E-state index contributed by atoms with van der Waals surface area (Å²) in [6.45, 7) is 4.42. The first-order valence-electron chi connectivity index (χ1n) is 10.2. The van der Waals surface area contributed by atoms with Gasteiger partial charge in [-0.3, -0.25) is 24.0 Å². The molecule has 0 bridgehead atoms. The maximum Gasteiger partial charge on any atom is 0.311 e. The second-order valence-electron chi connectivity index (χ2n) is 7.41. The molecule has 0 saturated carbocycles. The molecule has 2 rings (SSSR count). The van der Waals surface area contributed by atoms with E-state index in [0.717, 1.165) is 20.8 Å². The highest BCUT2D eigenvalue weighted by molar-refractivity contribution is 5.73. The van der Waals surface area contributed by atoms with Crippen LogP contribution >= 0.6 is 0 Å². The lowest BCUT2D eigenvalue weighted by molar-refractivity contribution is -0.310. The third-order valence-electron chi connectivity index (χ3n) is 4.68. The predicted molar refractivity (Wildman–Crippen MR) is 102 cm³/mol. The van der Waals surface area contributed by atoms with Crippen LogP contribution in [0.15, 0.2) is 0 Å². The first-order chi connectivity index (χ1) is 15.1. The van der Waals surface area contributed by atoms with Gasteiger partial charge in [-0.25, -0.2) is 0 Å². The van der Waals surface area contributed by atoms with Crippen molar-refractivity contribution in [2.45, 2.75) is 71.2 Å². The van der Waals surface area contributed by atoms with Crippen molar-refractivity contribution in [3.63, 3.8) is 0 Å². The fraction of sp³-hybridized carbons (Fsp3) is 0.750. The van der Waals surface area contributed by atoms with E-state index in [0.29, 0.717) is 19.4 Å². The van der Waals surface area contributed by atoms with Crippen LogP contribution in [0.25, 0.3) is 0 Å². The topological polar surface area (TPSA) is 150 Å². The van der Waals surface area contributed by atoms with Crippen molar-refractivity contribution in [1.82, 2.24) is 0 Å². The van der Waals surface area contributed by atoms with Crippen LogP contribution in [0, 0.1) is 5.92 Å². The molecule has 0 aromatic carbocycles. The molecule has 180 valence electrons. The minimum atomic E-state index is -1.33. The van der Waals surface area contributed by atoms with Crippen molar-refractivity contribution < 1.29 is 57.1 Å². The lowest BCUT2D eigenvalue weighted by Gasteiger charge is -2.44. The van der Waals surface area contributed by atoms with Gasteiger partial charge in [-0.05, 0) is 12.8 Å². The number of hydrogen-bond donors (Lipinski definition) is 0. The molecule has 12 nitrogen and oxygen atoms in total. The van der Waals surface area contributed by atoms with Crippen molar-refractivity contribution in [3.8, 4) is 0 Å². The molecule has 0 radical (unpaired) electrons. The van der Waals surface area contributed by atoms with Crippen LogP contribution in [0.4, 0.5) is 0 Å². The molecule has 0 aromatic heterocycles. The summed E-state index contributed by atoms with van der Waals surface area (Å²) in [6, 6.07) is 0. The van der Waals surface area contributed by atoms with Crippen LogP contribution in [-0.2, 0) is 57.1 Å². The zero-order valence-corrected chi connectivity index (χ0v) is 18.4. The molecule has 0 spiro atoms. The number of cyclic esters (lactones) is 1. The Balaban J connectivity index is 2.31. The second-order valence-corrected chi connectivity index (χ2v) is 7.41. The van der Waals surface area contributed by atoms with Crippen LogP contribution in [-0.4, -0.2) is 80.4 Å². The third-order valence-corrected chi connectivity index (χ3v) is 4.68. The molecule has 0 aromatic rings. The average molecular weight is 460 g/mol. The fourth-order valence-electron chi connectivity index (χ4n) is 3.42. The van der Waals surface area contributed by atoms with Crippen LogP contribution in [0.5, 0.6) is 0 Å². The summed E-state index contributed by atoms with van der Waals surface area (Å²) in [7, 11) is 0. The monoisotopic (exact) mass is 460 g/mol. The summed E-state index contributed by atoms with van der Waals surface area (Å²) in [5.41, 5.74) is 0. The van der Waals surface area contributed by atoms with Crippen molar-refractivity contribution >= 4 is 29.8 Å². The minimum absolute atomic E-state index is 0.118. The average Bonchev–Trinajstić information content (AvgIpc) is 2.68. The Morgan fingerprint density at radius 1 is 0.844 bits per heavy atom. The van der Waals surface area contributed by atoms with Gasteiger partial charge in [0.2, 0.25) is 0 Å². The first kappa shape index (κ1) is 25.5. The van der Waals surface area contributed by atoms with Crippen LogP contribution in [0.2, 0.25) is 0 Å². The lowest BCUT2D eigenvalue weighted by atomic mass is 9.97. The van der Waals surface area contributed by atoms with Gasteiger partial charge in [0.25, 0.3) is 0 Å². The van der Waals surface area contributed by atoms with Crippen molar-refractivity contribution in [2.75, 3.05) is 19.8 Å². The Labute approximate surface area is 184 Å². The highest BCUT2D eigenvalue weighted by atomic mass is 16.7. The summed E-state index contributed by atoms with van der Waals surface area (Å²) in [5, 5.41) is 0. The predicted octanol–water partition coefficient (Wildman–Crippen LogP) is 0.0393. The van der Waals surface area contributed by atoms with E-state index in [9.17, 15) is 24.0 Å². The third kappa shape index (κ3) is 7.45. The van der Waals surface area contributed by atoms with Gasteiger partial charge in [0.15, 0.2) is 24.6 Å². The van der Waals surface area contributed by atoms with Gasteiger partial charge >= 0.3 is 29.8 Å². The Morgan fingerprint density at radius 2 is 1.44 bits per heavy atom. The molecule has 32 heavy (non-hydrogen) atoms. The Hall–Kier alpha value is -2.73. The molecule has 2 heterocycles. The Kier molecular flexibility index (Phi) is 9.39. The quantitative estimate of drug-likeness (QED) is 0.355. The highest BCUT2D eigenvalue weighted by Gasteiger charge is 2.53. The van der Waals surface area contributed by atoms with Gasteiger partial charge in [0.05, 0.1) is 19.1 Å². The van der Waals surface area contributed by atoms with Gasteiger partial charge in [0.1, 0.15) is 12.7 Å². The Morgan fingerprint density at radius 3 is 2.00 bits per heavy atom. The van der Waals surface area contributed by atoms with Crippen LogP contribution < -0.4 is 0 Å². The van der Waals surface area contributed by atoms with Crippen molar-refractivity contribution in [3.05, 3.63) is 0 Å². The second kappa shape index (κ2) is 11.8. The van der Waals surface area contributed by atoms with Gasteiger partial charge < -0.3 is 33.2 Å². The number of ether oxygens (including phenoxy) is 7. The molecule has 0 unspecified atom stereocenters. The summed E-state index contributed by atoms with van der Waals surface area (Å²) >= 11 is 0. The molecular formula is C20H28O12. The SMILES string of the molecule is CC(=O)OC[C@H]1O[C@@H](OC[C@@H]2CCCOC2=O)[C@H](OC(C)=O)[C@@H](OC(C)=O)[C@@H]1OC(C)=O. The van der Waals surface area contributed by atoms with E-state index in [1.807, 2.05) is 0 Å². The van der Waals surface area contributed by atoms with E-state index in [2.05, 4.69) is 0 Å². The maximum atomic E-state index is 11.9. The van der Waals surface area contributed by atoms with Gasteiger partial charge in [-0.15, -0.1) is 0 Å².